The van der Waals surface area contributed by atoms with Crippen molar-refractivity contribution >= 4 is 62.5 Å². The van der Waals surface area contributed by atoms with Crippen LogP contribution in [0.2, 0.25) is 0 Å². The van der Waals surface area contributed by atoms with Crippen LogP contribution in [-0.4, -0.2) is 35.6 Å². The molecule has 9 heteroatoms. The quantitative estimate of drug-likeness (QED) is 0.266. The molecular weight excluding hydrogens is 470 g/mol. The maximum atomic E-state index is 12.6. The number of thioether (sulfide) groups is 1. The SMILES string of the molecule is COC(=O)c1ccccc1NC(=O)CSc1nc2ccc(NC(=O)c3ccccc3C)cc2s1. The molecule has 0 aliphatic heterocycles. The maximum Gasteiger partial charge on any atom is 0.339 e. The van der Waals surface area contributed by atoms with Crippen molar-refractivity contribution in [2.45, 2.75) is 11.3 Å². The number of fused-ring (bicyclic) bond motifs is 1. The summed E-state index contributed by atoms with van der Waals surface area (Å²) in [6.07, 6.45) is 0. The zero-order valence-electron chi connectivity index (χ0n) is 18.5. The summed E-state index contributed by atoms with van der Waals surface area (Å²) in [5.41, 5.74) is 3.70. The Kier molecular flexibility index (Phi) is 7.24. The van der Waals surface area contributed by atoms with Gasteiger partial charge in [0.2, 0.25) is 5.91 Å². The standard InChI is InChI=1S/C25H21N3O4S2/c1-15-7-3-4-8-17(15)23(30)26-16-11-12-20-21(13-16)34-25(28-20)33-14-22(29)27-19-10-6-5-9-18(19)24(31)32-2/h3-13H,14H2,1-2H3,(H,26,30)(H,27,29). The molecule has 172 valence electrons. The summed E-state index contributed by atoms with van der Waals surface area (Å²) in [5.74, 6) is -0.807. The summed E-state index contributed by atoms with van der Waals surface area (Å²) in [6.45, 7) is 1.90. The number of aryl methyl sites for hydroxylation is 1. The Labute approximate surface area is 204 Å². The molecule has 0 saturated heterocycles. The number of esters is 1. The first-order valence-electron chi connectivity index (χ1n) is 10.3. The van der Waals surface area contributed by atoms with Crippen LogP contribution in [0.4, 0.5) is 11.4 Å². The number of anilines is 2. The molecule has 3 aromatic carbocycles. The highest BCUT2D eigenvalue weighted by Crippen LogP contribution is 2.31. The highest BCUT2D eigenvalue weighted by molar-refractivity contribution is 8.01. The monoisotopic (exact) mass is 491 g/mol. The number of hydrogen-bond acceptors (Lipinski definition) is 7. The van der Waals surface area contributed by atoms with Gasteiger partial charge < -0.3 is 15.4 Å². The van der Waals surface area contributed by atoms with Crippen molar-refractivity contribution in [1.82, 2.24) is 4.98 Å². The van der Waals surface area contributed by atoms with Crippen LogP contribution >= 0.6 is 23.1 Å². The van der Waals surface area contributed by atoms with E-state index in [-0.39, 0.29) is 17.6 Å². The fraction of sp³-hybridized carbons (Fsp3) is 0.120. The second-order valence-electron chi connectivity index (χ2n) is 7.31. The average Bonchev–Trinajstić information content (AvgIpc) is 3.25. The predicted octanol–water partition coefficient (Wildman–Crippen LogP) is 5.37. The van der Waals surface area contributed by atoms with E-state index < -0.39 is 5.97 Å². The van der Waals surface area contributed by atoms with Gasteiger partial charge >= 0.3 is 5.97 Å². The molecule has 0 aliphatic rings. The summed E-state index contributed by atoms with van der Waals surface area (Å²) in [7, 11) is 1.30. The highest BCUT2D eigenvalue weighted by atomic mass is 32.2. The van der Waals surface area contributed by atoms with Gasteiger partial charge in [-0.1, -0.05) is 42.1 Å². The minimum Gasteiger partial charge on any atom is -0.465 e. The van der Waals surface area contributed by atoms with Crippen LogP contribution in [0, 0.1) is 6.92 Å². The van der Waals surface area contributed by atoms with Crippen LogP contribution in [0.3, 0.4) is 0 Å². The van der Waals surface area contributed by atoms with E-state index in [0.717, 1.165) is 20.1 Å². The number of ether oxygens (including phenoxy) is 1. The van der Waals surface area contributed by atoms with E-state index in [1.165, 1.54) is 30.2 Å². The minimum atomic E-state index is -0.514. The third kappa shape index (κ3) is 5.44. The highest BCUT2D eigenvalue weighted by Gasteiger charge is 2.15. The number of carbonyl (C=O) groups is 3. The molecule has 0 atom stereocenters. The number of aromatic nitrogens is 1. The lowest BCUT2D eigenvalue weighted by Gasteiger charge is -2.08. The lowest BCUT2D eigenvalue weighted by molar-refractivity contribution is -0.113. The molecule has 2 amide bonds. The molecule has 1 heterocycles. The van der Waals surface area contributed by atoms with Gasteiger partial charge in [-0.3, -0.25) is 9.59 Å². The molecule has 2 N–H and O–H groups in total. The van der Waals surface area contributed by atoms with Crippen LogP contribution in [-0.2, 0) is 9.53 Å². The fourth-order valence-corrected chi connectivity index (χ4v) is 5.17. The summed E-state index contributed by atoms with van der Waals surface area (Å²) in [6, 6.07) is 19.6. The summed E-state index contributed by atoms with van der Waals surface area (Å²) in [5, 5.41) is 5.68. The topological polar surface area (TPSA) is 97.4 Å². The first kappa shape index (κ1) is 23.5. The van der Waals surface area contributed by atoms with E-state index in [2.05, 4.69) is 15.6 Å². The van der Waals surface area contributed by atoms with Gasteiger partial charge in [0.25, 0.3) is 5.91 Å². The van der Waals surface area contributed by atoms with Gasteiger partial charge in [0, 0.05) is 11.3 Å². The Morgan fingerprint density at radius 3 is 2.47 bits per heavy atom. The van der Waals surface area contributed by atoms with Crippen LogP contribution in [0.25, 0.3) is 10.2 Å². The van der Waals surface area contributed by atoms with Crippen LogP contribution < -0.4 is 10.6 Å². The van der Waals surface area contributed by atoms with E-state index in [9.17, 15) is 14.4 Å². The fourth-order valence-electron chi connectivity index (χ4n) is 3.26. The van der Waals surface area contributed by atoms with Gasteiger partial charge in [0.15, 0.2) is 4.34 Å². The zero-order chi connectivity index (χ0) is 24.1. The number of benzene rings is 3. The van der Waals surface area contributed by atoms with Crippen molar-refractivity contribution < 1.29 is 19.1 Å². The van der Waals surface area contributed by atoms with Crippen molar-refractivity contribution in [2.24, 2.45) is 0 Å². The van der Waals surface area contributed by atoms with Crippen molar-refractivity contribution in [3.05, 3.63) is 83.4 Å². The van der Waals surface area contributed by atoms with Crippen LogP contribution in [0.5, 0.6) is 0 Å². The van der Waals surface area contributed by atoms with Gasteiger partial charge in [0.05, 0.1) is 34.3 Å². The Morgan fingerprint density at radius 2 is 1.71 bits per heavy atom. The molecule has 1 aromatic heterocycles. The largest absolute Gasteiger partial charge is 0.465 e. The molecule has 0 saturated carbocycles. The molecule has 7 nitrogen and oxygen atoms in total. The van der Waals surface area contributed by atoms with Crippen LogP contribution in [0.15, 0.2) is 71.1 Å². The summed E-state index contributed by atoms with van der Waals surface area (Å²) < 4.78 is 6.39. The molecule has 0 bridgehead atoms. The zero-order valence-corrected chi connectivity index (χ0v) is 20.1. The molecule has 0 fully saturated rings. The second-order valence-corrected chi connectivity index (χ2v) is 9.56. The number of para-hydroxylation sites is 1. The third-order valence-corrected chi connectivity index (χ3v) is 7.11. The molecule has 34 heavy (non-hydrogen) atoms. The number of nitrogens with one attached hydrogen (secondary N) is 2. The van der Waals surface area contributed by atoms with E-state index in [1.54, 1.807) is 30.3 Å². The molecule has 0 radical (unpaired) electrons. The van der Waals surface area contributed by atoms with Gasteiger partial charge in [-0.25, -0.2) is 9.78 Å². The van der Waals surface area contributed by atoms with E-state index in [4.69, 9.17) is 4.74 Å². The number of nitrogens with zero attached hydrogens (tertiary/aromatic N) is 1. The molecule has 0 unspecified atom stereocenters. The average molecular weight is 492 g/mol. The summed E-state index contributed by atoms with van der Waals surface area (Å²) in [4.78, 5) is 41.5. The number of amides is 2. The van der Waals surface area contributed by atoms with Crippen molar-refractivity contribution in [3.8, 4) is 0 Å². The van der Waals surface area contributed by atoms with E-state index in [1.807, 2.05) is 43.3 Å². The number of hydrogen-bond donors (Lipinski definition) is 2. The lowest BCUT2D eigenvalue weighted by Crippen LogP contribution is -2.17. The van der Waals surface area contributed by atoms with Crippen molar-refractivity contribution in [2.75, 3.05) is 23.5 Å². The Morgan fingerprint density at radius 1 is 0.971 bits per heavy atom. The normalized spacial score (nSPS) is 10.6. The van der Waals surface area contributed by atoms with E-state index >= 15 is 0 Å². The second kappa shape index (κ2) is 10.5. The van der Waals surface area contributed by atoms with Gasteiger partial charge in [-0.15, -0.1) is 11.3 Å². The molecule has 4 aromatic rings. The third-order valence-electron chi connectivity index (χ3n) is 4.95. The first-order chi connectivity index (χ1) is 16.4. The predicted molar refractivity (Wildman–Crippen MR) is 136 cm³/mol. The minimum absolute atomic E-state index is 0.131. The van der Waals surface area contributed by atoms with E-state index in [0.29, 0.717) is 22.5 Å². The van der Waals surface area contributed by atoms with Crippen molar-refractivity contribution in [1.29, 1.82) is 0 Å². The number of rotatable bonds is 7. The summed E-state index contributed by atoms with van der Waals surface area (Å²) >= 11 is 2.75. The van der Waals surface area contributed by atoms with Crippen LogP contribution in [0.1, 0.15) is 26.3 Å². The molecule has 4 rings (SSSR count). The number of thiazole rings is 1. The van der Waals surface area contributed by atoms with Gasteiger partial charge in [-0.05, 0) is 48.9 Å². The molecule has 0 spiro atoms. The maximum absolute atomic E-state index is 12.6. The molecular formula is C25H21N3O4S2. The smallest absolute Gasteiger partial charge is 0.339 e. The van der Waals surface area contributed by atoms with Gasteiger partial charge in [-0.2, -0.15) is 0 Å². The lowest BCUT2D eigenvalue weighted by atomic mass is 10.1. The first-order valence-corrected chi connectivity index (χ1v) is 12.1. The Bertz CT molecular complexity index is 1380. The van der Waals surface area contributed by atoms with Crippen molar-refractivity contribution in [3.63, 3.8) is 0 Å². The number of carbonyl (C=O) groups excluding carboxylic acids is 3. The Balaban J connectivity index is 1.40. The molecule has 0 aliphatic carbocycles. The Hall–Kier alpha value is -3.69. The van der Waals surface area contributed by atoms with Gasteiger partial charge in [0.1, 0.15) is 0 Å². The number of methoxy groups -OCH3 is 1.